The van der Waals surface area contributed by atoms with Crippen molar-refractivity contribution in [2.45, 2.75) is 0 Å². The molecule has 11 rings (SSSR count). The van der Waals surface area contributed by atoms with E-state index in [0.29, 0.717) is 17.5 Å². The molecule has 0 spiro atoms. The van der Waals surface area contributed by atoms with Crippen LogP contribution in [0.5, 0.6) is 0 Å². The van der Waals surface area contributed by atoms with Gasteiger partial charge in [0, 0.05) is 32.7 Å². The Labute approximate surface area is 322 Å². The zero-order chi connectivity index (χ0) is 37.0. The van der Waals surface area contributed by atoms with E-state index >= 15 is 0 Å². The van der Waals surface area contributed by atoms with Crippen molar-refractivity contribution in [3.8, 4) is 67.5 Å². The van der Waals surface area contributed by atoms with Gasteiger partial charge in [0.05, 0.1) is 5.56 Å². The van der Waals surface area contributed by atoms with Crippen LogP contribution >= 0.6 is 0 Å². The Morgan fingerprint density at radius 2 is 0.786 bits per heavy atom. The summed E-state index contributed by atoms with van der Waals surface area (Å²) < 4.78 is 12.8. The number of hydrogen-bond donors (Lipinski definition) is 0. The van der Waals surface area contributed by atoms with Crippen LogP contribution in [0.2, 0.25) is 0 Å². The maximum atomic E-state index is 6.40. The molecule has 0 N–H and O–H groups in total. The van der Waals surface area contributed by atoms with Crippen LogP contribution in [-0.4, -0.2) is 15.0 Å². The minimum absolute atomic E-state index is 0.558. The van der Waals surface area contributed by atoms with Gasteiger partial charge in [0.25, 0.3) is 0 Å². The van der Waals surface area contributed by atoms with E-state index in [1.165, 1.54) is 11.1 Å². The third-order valence-corrected chi connectivity index (χ3v) is 10.6. The molecule has 5 heteroatoms. The monoisotopic (exact) mass is 717 g/mol. The van der Waals surface area contributed by atoms with Gasteiger partial charge >= 0.3 is 0 Å². The fraction of sp³-hybridized carbons (Fsp3) is 0. The summed E-state index contributed by atoms with van der Waals surface area (Å²) >= 11 is 0. The highest BCUT2D eigenvalue weighted by atomic mass is 16.3. The predicted octanol–water partition coefficient (Wildman–Crippen LogP) is 13.7. The molecule has 0 aliphatic rings. The Kier molecular flexibility index (Phi) is 7.42. The van der Waals surface area contributed by atoms with Crippen molar-refractivity contribution in [3.63, 3.8) is 0 Å². The molecule has 0 atom stereocenters. The van der Waals surface area contributed by atoms with Crippen LogP contribution in [0.4, 0.5) is 0 Å². The van der Waals surface area contributed by atoms with Gasteiger partial charge in [-0.15, -0.1) is 0 Å². The first kappa shape index (κ1) is 31.9. The van der Waals surface area contributed by atoms with Gasteiger partial charge in [0.2, 0.25) is 0 Å². The summed E-state index contributed by atoms with van der Waals surface area (Å²) in [6.45, 7) is 0. The second-order valence-electron chi connectivity index (χ2n) is 14.0. The molecule has 8 aromatic carbocycles. The number of fused-ring (bicyclic) bond motifs is 6. The quantitative estimate of drug-likeness (QED) is 0.171. The topological polar surface area (TPSA) is 65.0 Å². The molecular formula is C51H31N3O2. The van der Waals surface area contributed by atoms with Crippen LogP contribution in [0.1, 0.15) is 0 Å². The Bertz CT molecular complexity index is 3220. The second-order valence-corrected chi connectivity index (χ2v) is 14.0. The minimum atomic E-state index is 0.558. The van der Waals surface area contributed by atoms with Crippen molar-refractivity contribution < 1.29 is 8.83 Å². The summed E-state index contributed by atoms with van der Waals surface area (Å²) in [6, 6.07) is 64.7. The standard InChI is InChI=1S/C51H31N3O2/c1-3-11-32(12-4-1)33-21-23-34(24-22-33)38-29-30-45-43(31-38)47-39(16-10-20-46(47)55-45)35-25-27-37(28-26-35)50-52-49(36-13-5-2-6-14-36)53-51(54-50)42-18-9-17-41-40-15-7-8-19-44(40)56-48(41)42/h1-31H. The number of para-hydroxylation sites is 2. The molecule has 11 aromatic rings. The van der Waals surface area contributed by atoms with Gasteiger partial charge in [-0.05, 0) is 63.7 Å². The van der Waals surface area contributed by atoms with Gasteiger partial charge in [-0.2, -0.15) is 0 Å². The van der Waals surface area contributed by atoms with E-state index < -0.39 is 0 Å². The third kappa shape index (κ3) is 5.45. The Morgan fingerprint density at radius 1 is 0.286 bits per heavy atom. The second kappa shape index (κ2) is 13.0. The van der Waals surface area contributed by atoms with Crippen molar-refractivity contribution in [1.29, 1.82) is 0 Å². The molecule has 5 nitrogen and oxygen atoms in total. The zero-order valence-corrected chi connectivity index (χ0v) is 30.1. The number of rotatable bonds is 6. The third-order valence-electron chi connectivity index (χ3n) is 10.6. The van der Waals surface area contributed by atoms with Gasteiger partial charge in [-0.1, -0.05) is 158 Å². The highest BCUT2D eigenvalue weighted by molar-refractivity contribution is 6.13. The number of furan rings is 2. The molecule has 3 heterocycles. The van der Waals surface area contributed by atoms with Crippen molar-refractivity contribution >= 4 is 43.9 Å². The molecule has 56 heavy (non-hydrogen) atoms. The highest BCUT2D eigenvalue weighted by Crippen LogP contribution is 2.40. The average molecular weight is 718 g/mol. The molecule has 0 aliphatic carbocycles. The smallest absolute Gasteiger partial charge is 0.167 e. The maximum Gasteiger partial charge on any atom is 0.167 e. The summed E-state index contributed by atoms with van der Waals surface area (Å²) in [7, 11) is 0. The van der Waals surface area contributed by atoms with E-state index in [0.717, 1.165) is 82.8 Å². The lowest BCUT2D eigenvalue weighted by Gasteiger charge is -2.10. The lowest BCUT2D eigenvalue weighted by Crippen LogP contribution is -2.00. The van der Waals surface area contributed by atoms with Crippen LogP contribution in [0.3, 0.4) is 0 Å². The van der Waals surface area contributed by atoms with Crippen LogP contribution in [0, 0.1) is 0 Å². The zero-order valence-electron chi connectivity index (χ0n) is 30.1. The van der Waals surface area contributed by atoms with Gasteiger partial charge in [-0.25, -0.2) is 15.0 Å². The fourth-order valence-corrected chi connectivity index (χ4v) is 7.80. The maximum absolute atomic E-state index is 6.40. The van der Waals surface area contributed by atoms with Crippen LogP contribution in [0.15, 0.2) is 197 Å². The molecule has 0 unspecified atom stereocenters. The number of aromatic nitrogens is 3. The van der Waals surface area contributed by atoms with Crippen molar-refractivity contribution in [2.24, 2.45) is 0 Å². The van der Waals surface area contributed by atoms with E-state index in [9.17, 15) is 0 Å². The van der Waals surface area contributed by atoms with Gasteiger partial charge in [-0.3, -0.25) is 0 Å². The van der Waals surface area contributed by atoms with E-state index in [1.807, 2.05) is 72.8 Å². The molecule has 0 fully saturated rings. The summed E-state index contributed by atoms with van der Waals surface area (Å²) in [5.41, 5.74) is 12.8. The number of benzene rings is 8. The minimum Gasteiger partial charge on any atom is -0.456 e. The van der Waals surface area contributed by atoms with Crippen molar-refractivity contribution in [2.75, 3.05) is 0 Å². The fourth-order valence-electron chi connectivity index (χ4n) is 7.80. The highest BCUT2D eigenvalue weighted by Gasteiger charge is 2.19. The normalized spacial score (nSPS) is 11.6. The lowest BCUT2D eigenvalue weighted by atomic mass is 9.96. The van der Waals surface area contributed by atoms with Gasteiger partial charge in [0.15, 0.2) is 17.5 Å². The molecule has 0 bridgehead atoms. The Balaban J connectivity index is 0.993. The molecule has 262 valence electrons. The SMILES string of the molecule is c1ccc(-c2ccc(-c3ccc4oc5cccc(-c6ccc(-c7nc(-c8ccccc8)nc(-c8cccc9c8oc8ccccc89)n7)cc6)c5c4c3)cc2)cc1. The molecule has 0 radical (unpaired) electrons. The van der Waals surface area contributed by atoms with Crippen LogP contribution < -0.4 is 0 Å². The van der Waals surface area contributed by atoms with E-state index in [-0.39, 0.29) is 0 Å². The lowest BCUT2D eigenvalue weighted by molar-refractivity contribution is 0.669. The van der Waals surface area contributed by atoms with Crippen molar-refractivity contribution in [3.05, 3.63) is 188 Å². The van der Waals surface area contributed by atoms with E-state index in [1.54, 1.807) is 0 Å². The molecule has 0 saturated carbocycles. The first-order chi connectivity index (χ1) is 27.7. The molecule has 0 saturated heterocycles. The number of nitrogens with zero attached hydrogens (tertiary/aromatic N) is 3. The summed E-state index contributed by atoms with van der Waals surface area (Å²) in [5, 5.41) is 4.26. The molecule has 3 aromatic heterocycles. The van der Waals surface area contributed by atoms with Crippen LogP contribution in [-0.2, 0) is 0 Å². The number of hydrogen-bond acceptors (Lipinski definition) is 5. The van der Waals surface area contributed by atoms with Crippen LogP contribution in [0.25, 0.3) is 111 Å². The average Bonchev–Trinajstić information content (AvgIpc) is 3.85. The molecular weight excluding hydrogens is 687 g/mol. The largest absolute Gasteiger partial charge is 0.456 e. The predicted molar refractivity (Wildman–Crippen MR) is 227 cm³/mol. The first-order valence-corrected chi connectivity index (χ1v) is 18.7. The Hall–Kier alpha value is -7.63. The van der Waals surface area contributed by atoms with E-state index in [4.69, 9.17) is 23.8 Å². The summed E-state index contributed by atoms with van der Waals surface area (Å²) in [4.78, 5) is 15.1. The first-order valence-electron chi connectivity index (χ1n) is 18.7. The van der Waals surface area contributed by atoms with E-state index in [2.05, 4.69) is 115 Å². The molecule has 0 amide bonds. The van der Waals surface area contributed by atoms with Gasteiger partial charge < -0.3 is 8.83 Å². The Morgan fingerprint density at radius 3 is 1.55 bits per heavy atom. The van der Waals surface area contributed by atoms with Crippen molar-refractivity contribution in [1.82, 2.24) is 15.0 Å². The summed E-state index contributed by atoms with van der Waals surface area (Å²) in [6.07, 6.45) is 0. The molecule has 0 aliphatic heterocycles. The van der Waals surface area contributed by atoms with Gasteiger partial charge in [0.1, 0.15) is 22.3 Å². The summed E-state index contributed by atoms with van der Waals surface area (Å²) in [5.74, 6) is 1.74.